The van der Waals surface area contributed by atoms with Crippen LogP contribution in [0.3, 0.4) is 0 Å². The van der Waals surface area contributed by atoms with E-state index in [0.717, 1.165) is 19.5 Å². The molecular formula is C13H27ClN4O2. The fraction of sp³-hybridized carbons (Fsp3) is 0.846. The van der Waals surface area contributed by atoms with E-state index in [0.29, 0.717) is 5.92 Å². The van der Waals surface area contributed by atoms with Gasteiger partial charge in [0.05, 0.1) is 6.54 Å². The number of likely N-dealkylation sites (tertiary alicyclic amines) is 1. The molecule has 1 heterocycles. The number of hydrogen-bond acceptors (Lipinski definition) is 4. The van der Waals surface area contributed by atoms with E-state index in [2.05, 4.69) is 10.6 Å². The molecule has 0 aromatic carbocycles. The molecule has 3 amide bonds. The minimum absolute atomic E-state index is 0. The summed E-state index contributed by atoms with van der Waals surface area (Å²) >= 11 is 0. The number of halogens is 1. The molecule has 0 bridgehead atoms. The second-order valence-corrected chi connectivity index (χ2v) is 6.40. The summed E-state index contributed by atoms with van der Waals surface area (Å²) in [6.07, 6.45) is 1.01. The lowest BCUT2D eigenvalue weighted by Gasteiger charge is -2.21. The van der Waals surface area contributed by atoms with Gasteiger partial charge in [-0.05, 0) is 46.6 Å². The summed E-state index contributed by atoms with van der Waals surface area (Å²) < 4.78 is 0. The molecule has 20 heavy (non-hydrogen) atoms. The van der Waals surface area contributed by atoms with E-state index in [4.69, 9.17) is 5.73 Å². The number of nitrogens with two attached hydrogens (primary N) is 1. The molecule has 1 saturated heterocycles. The molecule has 0 aromatic heterocycles. The van der Waals surface area contributed by atoms with Gasteiger partial charge in [0, 0.05) is 18.1 Å². The van der Waals surface area contributed by atoms with Crippen LogP contribution < -0.4 is 16.4 Å². The van der Waals surface area contributed by atoms with Gasteiger partial charge in [0.15, 0.2) is 0 Å². The van der Waals surface area contributed by atoms with Crippen molar-refractivity contribution in [2.75, 3.05) is 19.6 Å². The fourth-order valence-corrected chi connectivity index (χ4v) is 2.18. The molecule has 1 fully saturated rings. The van der Waals surface area contributed by atoms with E-state index >= 15 is 0 Å². The van der Waals surface area contributed by atoms with Crippen LogP contribution in [0.4, 0.5) is 4.79 Å². The third kappa shape index (κ3) is 7.07. The molecular weight excluding hydrogens is 280 g/mol. The van der Waals surface area contributed by atoms with Gasteiger partial charge in [-0.25, -0.2) is 4.79 Å². The average Bonchev–Trinajstić information content (AvgIpc) is 2.62. The summed E-state index contributed by atoms with van der Waals surface area (Å²) in [5.41, 5.74) is 5.50. The second-order valence-electron chi connectivity index (χ2n) is 6.40. The SMILES string of the molecule is CC(N)C1CCN(CC(=O)NC(=O)NC(C)(C)C)C1.Cl. The number of carbonyl (C=O) groups is 2. The van der Waals surface area contributed by atoms with Crippen molar-refractivity contribution in [3.63, 3.8) is 0 Å². The van der Waals surface area contributed by atoms with Gasteiger partial charge in [-0.3, -0.25) is 15.0 Å². The first-order valence-corrected chi connectivity index (χ1v) is 6.77. The summed E-state index contributed by atoms with van der Waals surface area (Å²) in [4.78, 5) is 25.3. The molecule has 1 rings (SSSR count). The molecule has 0 spiro atoms. The van der Waals surface area contributed by atoms with Crippen LogP contribution in [0.5, 0.6) is 0 Å². The van der Waals surface area contributed by atoms with Crippen molar-refractivity contribution >= 4 is 24.3 Å². The lowest BCUT2D eigenvalue weighted by Crippen LogP contribution is -2.50. The zero-order valence-electron chi connectivity index (χ0n) is 12.7. The number of urea groups is 1. The normalized spacial score (nSPS) is 20.9. The van der Waals surface area contributed by atoms with Crippen molar-refractivity contribution in [2.45, 2.75) is 45.7 Å². The van der Waals surface area contributed by atoms with Gasteiger partial charge in [0.25, 0.3) is 0 Å². The molecule has 1 aliphatic heterocycles. The molecule has 2 atom stereocenters. The zero-order valence-corrected chi connectivity index (χ0v) is 13.5. The van der Waals surface area contributed by atoms with E-state index in [1.165, 1.54) is 0 Å². The van der Waals surface area contributed by atoms with Crippen LogP contribution in [-0.2, 0) is 4.79 Å². The highest BCUT2D eigenvalue weighted by atomic mass is 35.5. The monoisotopic (exact) mass is 306 g/mol. The van der Waals surface area contributed by atoms with Crippen LogP contribution in [-0.4, -0.2) is 48.1 Å². The largest absolute Gasteiger partial charge is 0.333 e. The van der Waals surface area contributed by atoms with Crippen LogP contribution in [0.2, 0.25) is 0 Å². The molecule has 6 nitrogen and oxygen atoms in total. The molecule has 0 aliphatic carbocycles. The van der Waals surface area contributed by atoms with Crippen LogP contribution in [0.15, 0.2) is 0 Å². The number of imide groups is 1. The maximum Gasteiger partial charge on any atom is 0.321 e. The summed E-state index contributed by atoms with van der Waals surface area (Å²) in [6.45, 7) is 9.53. The Morgan fingerprint density at radius 1 is 1.40 bits per heavy atom. The van der Waals surface area contributed by atoms with E-state index in [-0.39, 0.29) is 36.4 Å². The minimum atomic E-state index is -0.444. The Hall–Kier alpha value is -0.850. The van der Waals surface area contributed by atoms with Crippen LogP contribution in [0, 0.1) is 5.92 Å². The Morgan fingerprint density at radius 2 is 2.00 bits per heavy atom. The zero-order chi connectivity index (χ0) is 14.6. The number of nitrogens with zero attached hydrogens (tertiary/aromatic N) is 1. The van der Waals surface area contributed by atoms with Crippen molar-refractivity contribution in [2.24, 2.45) is 11.7 Å². The second kappa shape index (κ2) is 7.81. The standard InChI is InChI=1S/C13H26N4O2.ClH/c1-9(14)10-5-6-17(7-10)8-11(18)15-12(19)16-13(2,3)4;/h9-10H,5-8,14H2,1-4H3,(H2,15,16,18,19);1H. The summed E-state index contributed by atoms with van der Waals surface area (Å²) in [6, 6.07) is -0.294. The number of amides is 3. The maximum atomic E-state index is 11.7. The van der Waals surface area contributed by atoms with Crippen LogP contribution in [0.25, 0.3) is 0 Å². The van der Waals surface area contributed by atoms with Gasteiger partial charge in [-0.1, -0.05) is 0 Å². The van der Waals surface area contributed by atoms with Crippen molar-refractivity contribution in [3.05, 3.63) is 0 Å². The Bertz CT molecular complexity index is 342. The smallest absolute Gasteiger partial charge is 0.321 e. The molecule has 0 radical (unpaired) electrons. The van der Waals surface area contributed by atoms with E-state index < -0.39 is 6.03 Å². The lowest BCUT2D eigenvalue weighted by molar-refractivity contribution is -0.121. The first-order valence-electron chi connectivity index (χ1n) is 6.77. The summed E-state index contributed by atoms with van der Waals surface area (Å²) in [5, 5.41) is 5.04. The molecule has 4 N–H and O–H groups in total. The Balaban J connectivity index is 0.00000361. The molecule has 2 unspecified atom stereocenters. The van der Waals surface area contributed by atoms with Gasteiger partial charge in [-0.2, -0.15) is 0 Å². The maximum absolute atomic E-state index is 11.7. The molecule has 7 heteroatoms. The molecule has 118 valence electrons. The van der Waals surface area contributed by atoms with Crippen molar-refractivity contribution in [3.8, 4) is 0 Å². The minimum Gasteiger partial charge on any atom is -0.333 e. The van der Waals surface area contributed by atoms with E-state index in [9.17, 15) is 9.59 Å². The van der Waals surface area contributed by atoms with Crippen molar-refractivity contribution in [1.29, 1.82) is 0 Å². The van der Waals surface area contributed by atoms with Gasteiger partial charge in [0.2, 0.25) is 5.91 Å². The topological polar surface area (TPSA) is 87.5 Å². The number of hydrogen-bond donors (Lipinski definition) is 3. The summed E-state index contributed by atoms with van der Waals surface area (Å²) in [7, 11) is 0. The first kappa shape index (κ1) is 19.1. The average molecular weight is 307 g/mol. The highest BCUT2D eigenvalue weighted by Gasteiger charge is 2.26. The Morgan fingerprint density at radius 3 is 2.45 bits per heavy atom. The van der Waals surface area contributed by atoms with Gasteiger partial charge >= 0.3 is 6.03 Å². The lowest BCUT2D eigenvalue weighted by atomic mass is 10.0. The van der Waals surface area contributed by atoms with Crippen LogP contribution >= 0.6 is 12.4 Å². The number of carbonyl (C=O) groups excluding carboxylic acids is 2. The number of nitrogens with one attached hydrogen (secondary N) is 2. The summed E-state index contributed by atoms with van der Waals surface area (Å²) in [5.74, 6) is 0.170. The highest BCUT2D eigenvalue weighted by molar-refractivity contribution is 5.95. The third-order valence-corrected chi connectivity index (χ3v) is 3.16. The van der Waals surface area contributed by atoms with Gasteiger partial charge < -0.3 is 11.1 Å². The van der Waals surface area contributed by atoms with E-state index in [1.807, 2.05) is 32.6 Å². The highest BCUT2D eigenvalue weighted by Crippen LogP contribution is 2.17. The Labute approximate surface area is 127 Å². The van der Waals surface area contributed by atoms with Gasteiger partial charge in [-0.15, -0.1) is 12.4 Å². The van der Waals surface area contributed by atoms with Crippen LogP contribution in [0.1, 0.15) is 34.1 Å². The predicted octanol–water partition coefficient (Wildman–Crippen LogP) is 0.702. The molecule has 0 saturated carbocycles. The predicted molar refractivity (Wildman–Crippen MR) is 81.9 cm³/mol. The van der Waals surface area contributed by atoms with Gasteiger partial charge in [0.1, 0.15) is 0 Å². The van der Waals surface area contributed by atoms with E-state index in [1.54, 1.807) is 0 Å². The van der Waals surface area contributed by atoms with Crippen molar-refractivity contribution in [1.82, 2.24) is 15.5 Å². The fourth-order valence-electron chi connectivity index (χ4n) is 2.18. The number of rotatable bonds is 3. The molecule has 0 aromatic rings. The first-order chi connectivity index (χ1) is 8.67. The molecule has 1 aliphatic rings. The Kier molecular flexibility index (Phi) is 7.47. The third-order valence-electron chi connectivity index (χ3n) is 3.16. The van der Waals surface area contributed by atoms with Crippen molar-refractivity contribution < 1.29 is 9.59 Å². The quantitative estimate of drug-likeness (QED) is 0.716.